The van der Waals surface area contributed by atoms with Gasteiger partial charge < -0.3 is 4.74 Å². The smallest absolute Gasteiger partial charge is 0.128 e. The number of halogens is 3. The molecule has 0 saturated carbocycles. The van der Waals surface area contributed by atoms with Crippen LogP contribution in [-0.4, -0.2) is 6.61 Å². The zero-order valence-corrected chi connectivity index (χ0v) is 11.9. The first-order chi connectivity index (χ1) is 9.11. The number of alkyl halides is 1. The zero-order valence-electron chi connectivity index (χ0n) is 10.4. The van der Waals surface area contributed by atoms with Crippen LogP contribution in [0.5, 0.6) is 5.75 Å². The van der Waals surface area contributed by atoms with Gasteiger partial charge in [-0.3, -0.25) is 0 Å². The monoisotopic (exact) mass is 298 g/mol. The largest absolute Gasteiger partial charge is 0.494 e. The molecule has 2 rings (SSSR count). The first kappa shape index (κ1) is 14.2. The second kappa shape index (κ2) is 6.27. The number of rotatable bonds is 4. The average molecular weight is 299 g/mol. The molecule has 0 spiro atoms. The molecule has 19 heavy (non-hydrogen) atoms. The first-order valence-corrected chi connectivity index (χ1v) is 6.75. The second-order valence-corrected chi connectivity index (χ2v) is 4.90. The zero-order chi connectivity index (χ0) is 13.8. The van der Waals surface area contributed by atoms with Crippen LogP contribution < -0.4 is 4.74 Å². The SMILES string of the molecule is CCOc1ccc(C(Cl)c2cc(Cl)ccc2F)cc1. The molecule has 0 radical (unpaired) electrons. The minimum atomic E-state index is -0.575. The molecule has 1 atom stereocenters. The van der Waals surface area contributed by atoms with Crippen molar-refractivity contribution < 1.29 is 9.13 Å². The van der Waals surface area contributed by atoms with Gasteiger partial charge in [0.2, 0.25) is 0 Å². The van der Waals surface area contributed by atoms with E-state index in [1.165, 1.54) is 12.1 Å². The summed E-state index contributed by atoms with van der Waals surface area (Å²) in [4.78, 5) is 0. The molecule has 0 aliphatic heterocycles. The summed E-state index contributed by atoms with van der Waals surface area (Å²) in [6.07, 6.45) is 0. The van der Waals surface area contributed by atoms with Crippen molar-refractivity contribution in [2.45, 2.75) is 12.3 Å². The van der Waals surface area contributed by atoms with Gasteiger partial charge in [-0.05, 0) is 42.8 Å². The average Bonchev–Trinajstić information content (AvgIpc) is 2.42. The topological polar surface area (TPSA) is 9.23 Å². The van der Waals surface area contributed by atoms with Gasteiger partial charge in [-0.1, -0.05) is 23.7 Å². The molecule has 2 aromatic carbocycles. The van der Waals surface area contributed by atoms with Gasteiger partial charge in [-0.15, -0.1) is 11.6 Å². The minimum absolute atomic E-state index is 0.363. The van der Waals surface area contributed by atoms with E-state index in [0.717, 1.165) is 11.3 Å². The normalized spacial score (nSPS) is 12.2. The van der Waals surface area contributed by atoms with E-state index in [4.69, 9.17) is 27.9 Å². The highest BCUT2D eigenvalue weighted by molar-refractivity contribution is 6.30. The van der Waals surface area contributed by atoms with E-state index in [-0.39, 0.29) is 5.82 Å². The highest BCUT2D eigenvalue weighted by atomic mass is 35.5. The van der Waals surface area contributed by atoms with E-state index in [9.17, 15) is 4.39 Å². The van der Waals surface area contributed by atoms with Crippen LogP contribution in [0, 0.1) is 5.82 Å². The Morgan fingerprint density at radius 2 is 1.84 bits per heavy atom. The molecule has 0 aliphatic rings. The maximum absolute atomic E-state index is 13.7. The lowest BCUT2D eigenvalue weighted by Gasteiger charge is -2.12. The Hall–Kier alpha value is -1.25. The summed E-state index contributed by atoms with van der Waals surface area (Å²) < 4.78 is 19.1. The number of hydrogen-bond acceptors (Lipinski definition) is 1. The van der Waals surface area contributed by atoms with E-state index in [0.29, 0.717) is 17.2 Å². The highest BCUT2D eigenvalue weighted by Crippen LogP contribution is 2.32. The molecule has 0 aliphatic carbocycles. The van der Waals surface area contributed by atoms with Crippen molar-refractivity contribution >= 4 is 23.2 Å². The van der Waals surface area contributed by atoms with Crippen LogP contribution in [0.3, 0.4) is 0 Å². The lowest BCUT2D eigenvalue weighted by molar-refractivity contribution is 0.340. The fraction of sp³-hybridized carbons (Fsp3) is 0.200. The quantitative estimate of drug-likeness (QED) is 0.704. The third kappa shape index (κ3) is 3.40. The summed E-state index contributed by atoms with van der Waals surface area (Å²) >= 11 is 12.2. The third-order valence-corrected chi connectivity index (χ3v) is 3.44. The Kier molecular flexibility index (Phi) is 4.67. The fourth-order valence-corrected chi connectivity index (χ4v) is 2.28. The number of hydrogen-bond donors (Lipinski definition) is 0. The number of benzene rings is 2. The van der Waals surface area contributed by atoms with E-state index >= 15 is 0 Å². The second-order valence-electron chi connectivity index (χ2n) is 4.03. The summed E-state index contributed by atoms with van der Waals surface area (Å²) in [7, 11) is 0. The van der Waals surface area contributed by atoms with Crippen molar-refractivity contribution in [1.82, 2.24) is 0 Å². The summed E-state index contributed by atoms with van der Waals surface area (Å²) in [6.45, 7) is 2.52. The van der Waals surface area contributed by atoms with Gasteiger partial charge >= 0.3 is 0 Å². The molecule has 1 unspecified atom stereocenters. The summed E-state index contributed by atoms with van der Waals surface area (Å²) in [6, 6.07) is 11.6. The van der Waals surface area contributed by atoms with E-state index in [2.05, 4.69) is 0 Å². The van der Waals surface area contributed by atoms with Crippen molar-refractivity contribution in [1.29, 1.82) is 0 Å². The molecule has 0 heterocycles. The molecule has 0 bridgehead atoms. The maximum atomic E-state index is 13.7. The number of ether oxygens (including phenoxy) is 1. The van der Waals surface area contributed by atoms with Crippen LogP contribution in [0.15, 0.2) is 42.5 Å². The van der Waals surface area contributed by atoms with E-state index in [1.54, 1.807) is 6.07 Å². The third-order valence-electron chi connectivity index (χ3n) is 2.71. The van der Waals surface area contributed by atoms with Crippen LogP contribution in [-0.2, 0) is 0 Å². The van der Waals surface area contributed by atoms with Gasteiger partial charge in [0.25, 0.3) is 0 Å². The van der Waals surface area contributed by atoms with Gasteiger partial charge in [0.1, 0.15) is 11.6 Å². The van der Waals surface area contributed by atoms with Crippen LogP contribution in [0.2, 0.25) is 5.02 Å². The summed E-state index contributed by atoms with van der Waals surface area (Å²) in [5.41, 5.74) is 1.17. The standard InChI is InChI=1S/C15H13Cl2FO/c1-2-19-12-6-3-10(4-7-12)15(17)13-9-11(16)5-8-14(13)18/h3-9,15H,2H2,1H3. The molecule has 2 aromatic rings. The van der Waals surface area contributed by atoms with Crippen LogP contribution in [0.4, 0.5) is 4.39 Å². The lowest BCUT2D eigenvalue weighted by Crippen LogP contribution is -1.98. The highest BCUT2D eigenvalue weighted by Gasteiger charge is 2.15. The molecule has 0 aromatic heterocycles. The van der Waals surface area contributed by atoms with Crippen molar-refractivity contribution in [2.24, 2.45) is 0 Å². The van der Waals surface area contributed by atoms with Crippen LogP contribution >= 0.6 is 23.2 Å². The van der Waals surface area contributed by atoms with E-state index < -0.39 is 5.38 Å². The van der Waals surface area contributed by atoms with Crippen molar-refractivity contribution in [3.8, 4) is 5.75 Å². The van der Waals surface area contributed by atoms with Crippen LogP contribution in [0.25, 0.3) is 0 Å². The Labute approximate surface area is 121 Å². The Balaban J connectivity index is 2.27. The van der Waals surface area contributed by atoms with Crippen molar-refractivity contribution in [2.75, 3.05) is 6.61 Å². The summed E-state index contributed by atoms with van der Waals surface area (Å²) in [5, 5.41) is -0.109. The molecular formula is C15H13Cl2FO. The Bertz CT molecular complexity index is 555. The molecule has 0 fully saturated rings. The van der Waals surface area contributed by atoms with Gasteiger partial charge in [0, 0.05) is 10.6 Å². The predicted molar refractivity (Wildman–Crippen MR) is 76.7 cm³/mol. The Morgan fingerprint density at radius 3 is 2.47 bits per heavy atom. The first-order valence-electron chi connectivity index (χ1n) is 5.93. The summed E-state index contributed by atoms with van der Waals surface area (Å²) in [5.74, 6) is 0.403. The van der Waals surface area contributed by atoms with Gasteiger partial charge in [0.15, 0.2) is 0 Å². The van der Waals surface area contributed by atoms with E-state index in [1.807, 2.05) is 31.2 Å². The van der Waals surface area contributed by atoms with Crippen molar-refractivity contribution in [3.63, 3.8) is 0 Å². The Morgan fingerprint density at radius 1 is 1.16 bits per heavy atom. The van der Waals surface area contributed by atoms with Crippen LogP contribution in [0.1, 0.15) is 23.4 Å². The van der Waals surface area contributed by atoms with Crippen molar-refractivity contribution in [3.05, 3.63) is 64.4 Å². The minimum Gasteiger partial charge on any atom is -0.494 e. The lowest BCUT2D eigenvalue weighted by atomic mass is 10.0. The molecule has 4 heteroatoms. The van der Waals surface area contributed by atoms with Gasteiger partial charge in [-0.2, -0.15) is 0 Å². The maximum Gasteiger partial charge on any atom is 0.128 e. The van der Waals surface area contributed by atoms with Gasteiger partial charge in [-0.25, -0.2) is 4.39 Å². The fourth-order valence-electron chi connectivity index (χ4n) is 1.79. The van der Waals surface area contributed by atoms with Gasteiger partial charge in [0.05, 0.1) is 12.0 Å². The predicted octanol–water partition coefficient (Wildman–Crippen LogP) is 5.21. The molecule has 0 saturated heterocycles. The molecule has 100 valence electrons. The molecular weight excluding hydrogens is 286 g/mol. The molecule has 0 amide bonds. The molecule has 0 N–H and O–H groups in total. The molecule has 1 nitrogen and oxygen atoms in total.